The molecule has 2 N–H and O–H groups in total. The number of rotatable bonds is 3. The summed E-state index contributed by atoms with van der Waals surface area (Å²) in [6, 6.07) is 2.55. The second kappa shape index (κ2) is 7.03. The third-order valence-corrected chi connectivity index (χ3v) is 5.23. The lowest BCUT2D eigenvalue weighted by molar-refractivity contribution is -0.144. The van der Waals surface area contributed by atoms with Crippen molar-refractivity contribution in [1.82, 2.24) is 9.97 Å². The summed E-state index contributed by atoms with van der Waals surface area (Å²) in [5, 5.41) is 0. The van der Waals surface area contributed by atoms with Crippen molar-refractivity contribution in [2.24, 2.45) is 0 Å². The molecule has 1 aromatic heterocycles. The number of benzene rings is 2. The molecule has 3 aromatic rings. The van der Waals surface area contributed by atoms with Crippen LogP contribution in [0.3, 0.4) is 0 Å². The fourth-order valence-electron chi connectivity index (χ4n) is 2.50. The predicted octanol–water partition coefficient (Wildman–Crippen LogP) is 5.42. The number of aromatic amines is 1. The zero-order valence-corrected chi connectivity index (χ0v) is 15.4. The van der Waals surface area contributed by atoms with Gasteiger partial charge in [0.05, 0.1) is 32.7 Å². The number of fused-ring (bicyclic) bond motifs is 1. The van der Waals surface area contributed by atoms with E-state index < -0.39 is 56.1 Å². The Hall–Kier alpha value is -2.97. The highest BCUT2D eigenvalue weighted by Gasteiger charge is 2.38. The van der Waals surface area contributed by atoms with Crippen LogP contribution in [-0.2, 0) is 28.6 Å². The monoisotopic (exact) mass is 477 g/mol. The first-order valence-corrected chi connectivity index (χ1v) is 9.34. The molecule has 168 valence electrons. The maximum Gasteiger partial charge on any atom is 0.449 e. The van der Waals surface area contributed by atoms with E-state index in [1.807, 2.05) is 4.98 Å². The Bertz CT molecular complexity index is 1210. The van der Waals surface area contributed by atoms with Crippen molar-refractivity contribution >= 4 is 26.7 Å². The van der Waals surface area contributed by atoms with Gasteiger partial charge in [0.2, 0.25) is 5.82 Å². The van der Waals surface area contributed by atoms with Gasteiger partial charge < -0.3 is 4.98 Å². The molecule has 0 bridgehead atoms. The van der Waals surface area contributed by atoms with E-state index in [0.717, 1.165) is 18.2 Å². The molecule has 0 radical (unpaired) electrons. The van der Waals surface area contributed by atoms with Crippen molar-refractivity contribution in [2.45, 2.75) is 23.4 Å². The van der Waals surface area contributed by atoms with Crippen molar-refractivity contribution in [1.29, 1.82) is 0 Å². The average molecular weight is 477 g/mol. The molecule has 5 nitrogen and oxygen atoms in total. The van der Waals surface area contributed by atoms with E-state index in [2.05, 4.69) is 4.98 Å². The lowest BCUT2D eigenvalue weighted by atomic mass is 10.1. The Labute approximate surface area is 166 Å². The third-order valence-electron chi connectivity index (χ3n) is 3.87. The Morgan fingerprint density at radius 1 is 0.774 bits per heavy atom. The summed E-state index contributed by atoms with van der Waals surface area (Å²) in [6.07, 6.45) is -15.4. The number of anilines is 1. The fourth-order valence-corrected chi connectivity index (χ4v) is 3.62. The number of hydrogen-bond acceptors (Lipinski definition) is 3. The number of nitrogens with one attached hydrogen (secondary N) is 2. The van der Waals surface area contributed by atoms with Gasteiger partial charge in [0.25, 0.3) is 10.0 Å². The number of halogens is 9. The highest BCUT2D eigenvalue weighted by molar-refractivity contribution is 7.92. The second-order valence-electron chi connectivity index (χ2n) is 6.16. The predicted molar refractivity (Wildman–Crippen MR) is 88.4 cm³/mol. The first kappa shape index (κ1) is 22.7. The number of imidazole rings is 1. The minimum Gasteiger partial charge on any atom is -0.334 e. The van der Waals surface area contributed by atoms with Gasteiger partial charge in [0.15, 0.2) is 0 Å². The van der Waals surface area contributed by atoms with Gasteiger partial charge in [-0.1, -0.05) is 0 Å². The summed E-state index contributed by atoms with van der Waals surface area (Å²) in [4.78, 5) is 3.80. The van der Waals surface area contributed by atoms with Crippen molar-refractivity contribution in [3.63, 3.8) is 0 Å². The van der Waals surface area contributed by atoms with Crippen LogP contribution in [0.2, 0.25) is 0 Å². The van der Waals surface area contributed by atoms with Crippen LogP contribution in [0.25, 0.3) is 11.0 Å². The minimum atomic E-state index is -5.27. The minimum absolute atomic E-state index is 0.00799. The maximum absolute atomic E-state index is 12.9. The Kier molecular flexibility index (Phi) is 5.15. The molecule has 0 saturated carbocycles. The number of hydrogen-bond donors (Lipinski definition) is 2. The normalized spacial score (nSPS) is 13.6. The topological polar surface area (TPSA) is 74.8 Å². The van der Waals surface area contributed by atoms with Crippen LogP contribution in [0.1, 0.15) is 17.0 Å². The molecular formula is C16H8F9N3O2S. The highest BCUT2D eigenvalue weighted by atomic mass is 32.2. The van der Waals surface area contributed by atoms with Gasteiger partial charge in [-0.05, 0) is 36.4 Å². The van der Waals surface area contributed by atoms with E-state index >= 15 is 0 Å². The Morgan fingerprint density at radius 3 is 1.81 bits per heavy atom. The third kappa shape index (κ3) is 4.86. The molecule has 0 aliphatic heterocycles. The van der Waals surface area contributed by atoms with Crippen LogP contribution >= 0.6 is 0 Å². The number of sulfonamides is 1. The van der Waals surface area contributed by atoms with Crippen molar-refractivity contribution in [2.75, 3.05) is 4.72 Å². The second-order valence-corrected chi connectivity index (χ2v) is 7.84. The summed E-state index contributed by atoms with van der Waals surface area (Å²) >= 11 is 0. The average Bonchev–Trinajstić information content (AvgIpc) is 3.03. The van der Waals surface area contributed by atoms with Crippen molar-refractivity contribution in [3.05, 3.63) is 53.3 Å². The van der Waals surface area contributed by atoms with E-state index in [-0.39, 0.29) is 29.2 Å². The molecule has 1 heterocycles. The Balaban J connectivity index is 2.04. The van der Waals surface area contributed by atoms with E-state index in [4.69, 9.17) is 0 Å². The van der Waals surface area contributed by atoms with Gasteiger partial charge in [0.1, 0.15) is 0 Å². The standard InChI is InChI=1S/C16H8F9N3O2S/c17-14(18,19)7-3-8(15(20,21)22)5-10(4-7)31(29,30)28-9-1-2-11-12(6-9)27-13(26-11)16(23,24)25/h1-6,28H,(H,26,27). The molecular weight excluding hydrogens is 469 g/mol. The number of aromatic nitrogens is 2. The number of H-pyrrole nitrogens is 1. The number of nitrogens with zero attached hydrogens (tertiary/aromatic N) is 1. The van der Waals surface area contributed by atoms with Gasteiger partial charge >= 0.3 is 18.5 Å². The van der Waals surface area contributed by atoms with Crippen LogP contribution in [-0.4, -0.2) is 18.4 Å². The zero-order chi connectivity index (χ0) is 23.4. The van der Waals surface area contributed by atoms with Gasteiger partial charge in [0, 0.05) is 0 Å². The lowest BCUT2D eigenvalue weighted by Crippen LogP contribution is -2.17. The largest absolute Gasteiger partial charge is 0.449 e. The fraction of sp³-hybridized carbons (Fsp3) is 0.188. The smallest absolute Gasteiger partial charge is 0.334 e. The van der Waals surface area contributed by atoms with Crippen LogP contribution < -0.4 is 4.72 Å². The van der Waals surface area contributed by atoms with Crippen LogP contribution in [0.5, 0.6) is 0 Å². The van der Waals surface area contributed by atoms with Crippen molar-refractivity contribution < 1.29 is 47.9 Å². The van der Waals surface area contributed by atoms with E-state index in [1.54, 1.807) is 4.72 Å². The molecule has 2 aromatic carbocycles. The molecule has 0 amide bonds. The van der Waals surface area contributed by atoms with Gasteiger partial charge in [-0.3, -0.25) is 4.72 Å². The Morgan fingerprint density at radius 2 is 1.32 bits per heavy atom. The molecule has 0 aliphatic carbocycles. The maximum atomic E-state index is 12.9. The quantitative estimate of drug-likeness (QED) is 0.495. The first-order chi connectivity index (χ1) is 14.0. The summed E-state index contributed by atoms with van der Waals surface area (Å²) in [5.41, 5.74) is -4.58. The first-order valence-electron chi connectivity index (χ1n) is 7.86. The molecule has 31 heavy (non-hydrogen) atoms. The highest BCUT2D eigenvalue weighted by Crippen LogP contribution is 2.37. The van der Waals surface area contributed by atoms with Crippen LogP contribution in [0.4, 0.5) is 45.2 Å². The molecule has 0 saturated heterocycles. The summed E-state index contributed by atoms with van der Waals surface area (Å²) < 4.78 is 142. The molecule has 0 atom stereocenters. The van der Waals surface area contributed by atoms with E-state index in [9.17, 15) is 47.9 Å². The molecule has 15 heteroatoms. The van der Waals surface area contributed by atoms with Crippen LogP contribution in [0.15, 0.2) is 41.3 Å². The molecule has 0 unspecified atom stereocenters. The van der Waals surface area contributed by atoms with E-state index in [1.165, 1.54) is 0 Å². The molecule has 0 fully saturated rings. The van der Waals surface area contributed by atoms with Gasteiger partial charge in [-0.15, -0.1) is 0 Å². The summed E-state index contributed by atoms with van der Waals surface area (Å²) in [7, 11) is -4.98. The van der Waals surface area contributed by atoms with Crippen molar-refractivity contribution in [3.8, 4) is 0 Å². The zero-order valence-electron chi connectivity index (χ0n) is 14.5. The van der Waals surface area contributed by atoms with Gasteiger partial charge in [-0.25, -0.2) is 13.4 Å². The molecule has 3 rings (SSSR count). The lowest BCUT2D eigenvalue weighted by Gasteiger charge is -2.15. The van der Waals surface area contributed by atoms with Crippen LogP contribution in [0, 0.1) is 0 Å². The van der Waals surface area contributed by atoms with Gasteiger partial charge in [-0.2, -0.15) is 39.5 Å². The molecule has 0 spiro atoms. The van der Waals surface area contributed by atoms with E-state index in [0.29, 0.717) is 0 Å². The SMILES string of the molecule is O=S(=O)(Nc1ccc2nc(C(F)(F)F)[nH]c2c1)c1cc(C(F)(F)F)cc(C(F)(F)F)c1. The number of alkyl halides is 9. The summed E-state index contributed by atoms with van der Waals surface area (Å²) in [6.45, 7) is 0. The summed E-state index contributed by atoms with van der Waals surface area (Å²) in [5.74, 6) is -1.38. The molecule has 0 aliphatic rings.